The molecule has 5 nitrogen and oxygen atoms in total. The minimum atomic E-state index is -0.833. The van der Waals surface area contributed by atoms with Crippen molar-refractivity contribution in [3.8, 4) is 0 Å². The maximum atomic E-state index is 12.3. The predicted octanol–water partition coefficient (Wildman–Crippen LogP) is 2.39. The Labute approximate surface area is 141 Å². The van der Waals surface area contributed by atoms with Crippen LogP contribution in [0.1, 0.15) is 40.4 Å². The maximum absolute atomic E-state index is 12.3. The number of aliphatic carboxylic acids is 1. The van der Waals surface area contributed by atoms with E-state index in [1.807, 2.05) is 48.5 Å². The third-order valence-electron chi connectivity index (χ3n) is 3.29. The van der Waals surface area contributed by atoms with E-state index in [-0.39, 0.29) is 12.4 Å². The van der Waals surface area contributed by atoms with E-state index in [1.54, 1.807) is 0 Å². The Morgan fingerprint density at radius 2 is 1.33 bits per heavy atom. The number of aliphatic hydroxyl groups excluding tert-OH is 1. The minimum absolute atomic E-state index is 0.0160. The fraction of sp³-hybridized carbons (Fsp3) is 0.263. The summed E-state index contributed by atoms with van der Waals surface area (Å²) in [6.07, 6.45) is 1.57. The van der Waals surface area contributed by atoms with Crippen molar-refractivity contribution in [1.29, 1.82) is 0 Å². The lowest BCUT2D eigenvalue weighted by atomic mass is 10.00. The van der Waals surface area contributed by atoms with Crippen LogP contribution in [0.15, 0.2) is 48.5 Å². The maximum Gasteiger partial charge on any atom is 0.300 e. The van der Waals surface area contributed by atoms with E-state index in [0.717, 1.165) is 30.9 Å². The van der Waals surface area contributed by atoms with E-state index in [1.165, 1.54) is 0 Å². The van der Waals surface area contributed by atoms with E-state index >= 15 is 0 Å². The molecule has 128 valence electrons. The van der Waals surface area contributed by atoms with E-state index in [0.29, 0.717) is 17.7 Å². The quantitative estimate of drug-likeness (QED) is 0.707. The van der Waals surface area contributed by atoms with Crippen LogP contribution in [-0.4, -0.2) is 28.6 Å². The fourth-order valence-electron chi connectivity index (χ4n) is 2.06. The van der Waals surface area contributed by atoms with Gasteiger partial charge in [0.25, 0.3) is 5.97 Å². The zero-order valence-corrected chi connectivity index (χ0v) is 13.7. The van der Waals surface area contributed by atoms with Gasteiger partial charge in [-0.3, -0.25) is 9.59 Å². The van der Waals surface area contributed by atoms with Crippen molar-refractivity contribution >= 4 is 11.8 Å². The second kappa shape index (κ2) is 10.3. The smallest absolute Gasteiger partial charge is 0.300 e. The highest BCUT2D eigenvalue weighted by Gasteiger charge is 2.08. The molecule has 2 aromatic rings. The van der Waals surface area contributed by atoms with E-state index in [9.17, 15) is 4.79 Å². The van der Waals surface area contributed by atoms with Crippen LogP contribution < -0.4 is 5.73 Å². The third-order valence-corrected chi connectivity index (χ3v) is 3.29. The topological polar surface area (TPSA) is 101 Å². The van der Waals surface area contributed by atoms with Crippen LogP contribution in [0.25, 0.3) is 0 Å². The van der Waals surface area contributed by atoms with Crippen molar-refractivity contribution in [2.75, 3.05) is 6.61 Å². The van der Waals surface area contributed by atoms with E-state index < -0.39 is 5.97 Å². The first kappa shape index (κ1) is 19.5. The summed E-state index contributed by atoms with van der Waals surface area (Å²) in [6, 6.07) is 14.9. The second-order valence-electron chi connectivity index (χ2n) is 5.27. The molecule has 2 aromatic carbocycles. The summed E-state index contributed by atoms with van der Waals surface area (Å²) >= 11 is 0. The number of ketones is 1. The lowest BCUT2D eigenvalue weighted by molar-refractivity contribution is -0.134. The molecule has 0 aliphatic heterocycles. The minimum Gasteiger partial charge on any atom is -0.481 e. The number of rotatable bonds is 6. The lowest BCUT2D eigenvalue weighted by Crippen LogP contribution is -2.03. The Balaban J connectivity index is 0.000000648. The number of carbonyl (C=O) groups is 2. The first-order valence-corrected chi connectivity index (χ1v) is 7.71. The highest BCUT2D eigenvalue weighted by atomic mass is 16.4. The number of hydrogen-bond donors (Lipinski definition) is 3. The van der Waals surface area contributed by atoms with Gasteiger partial charge in [0, 0.05) is 31.2 Å². The van der Waals surface area contributed by atoms with Gasteiger partial charge in [0.15, 0.2) is 5.78 Å². The Morgan fingerprint density at radius 1 is 0.917 bits per heavy atom. The number of carbonyl (C=O) groups excluding carboxylic acids is 1. The number of benzene rings is 2. The van der Waals surface area contributed by atoms with Crippen molar-refractivity contribution in [2.24, 2.45) is 5.73 Å². The normalized spacial score (nSPS) is 9.79. The average Bonchev–Trinajstić information content (AvgIpc) is 2.59. The van der Waals surface area contributed by atoms with Gasteiger partial charge in [0.1, 0.15) is 0 Å². The molecule has 24 heavy (non-hydrogen) atoms. The first-order chi connectivity index (χ1) is 11.5. The highest BCUT2D eigenvalue weighted by Crippen LogP contribution is 2.13. The zero-order valence-electron chi connectivity index (χ0n) is 13.7. The molecule has 0 atom stereocenters. The van der Waals surface area contributed by atoms with Crippen molar-refractivity contribution in [3.63, 3.8) is 0 Å². The van der Waals surface area contributed by atoms with Crippen LogP contribution in [0.5, 0.6) is 0 Å². The van der Waals surface area contributed by atoms with Crippen molar-refractivity contribution in [1.82, 2.24) is 0 Å². The SMILES string of the molecule is CC(=O)O.NCc1ccc(C(=O)c2ccc(CCCO)cc2)cc1. The summed E-state index contributed by atoms with van der Waals surface area (Å²) in [5.41, 5.74) is 9.04. The molecule has 0 saturated heterocycles. The lowest BCUT2D eigenvalue weighted by Gasteiger charge is -2.04. The summed E-state index contributed by atoms with van der Waals surface area (Å²) < 4.78 is 0. The summed E-state index contributed by atoms with van der Waals surface area (Å²) in [4.78, 5) is 21.3. The van der Waals surface area contributed by atoms with Crippen LogP contribution in [0, 0.1) is 0 Å². The third kappa shape index (κ3) is 6.73. The van der Waals surface area contributed by atoms with Crippen LogP contribution in [0.2, 0.25) is 0 Å². The number of hydrogen-bond acceptors (Lipinski definition) is 4. The number of nitrogens with two attached hydrogens (primary N) is 1. The molecule has 0 aliphatic rings. The number of carboxylic acids is 1. The summed E-state index contributed by atoms with van der Waals surface area (Å²) in [6.45, 7) is 1.75. The molecular formula is C19H23NO4. The molecule has 0 aromatic heterocycles. The van der Waals surface area contributed by atoms with Gasteiger partial charge < -0.3 is 15.9 Å². The molecule has 0 heterocycles. The molecule has 0 unspecified atom stereocenters. The Bertz CT molecular complexity index is 644. The molecule has 0 radical (unpaired) electrons. The van der Waals surface area contributed by atoms with Gasteiger partial charge in [-0.1, -0.05) is 48.5 Å². The van der Waals surface area contributed by atoms with Crippen molar-refractivity contribution in [3.05, 3.63) is 70.8 Å². The van der Waals surface area contributed by atoms with Gasteiger partial charge in [-0.05, 0) is 24.0 Å². The molecule has 0 saturated carbocycles. The van der Waals surface area contributed by atoms with Crippen LogP contribution in [-0.2, 0) is 17.8 Å². The molecule has 0 fully saturated rings. The number of aliphatic hydroxyl groups is 1. The van der Waals surface area contributed by atoms with Crippen molar-refractivity contribution in [2.45, 2.75) is 26.3 Å². The van der Waals surface area contributed by atoms with Crippen LogP contribution in [0.4, 0.5) is 0 Å². The second-order valence-corrected chi connectivity index (χ2v) is 5.27. The molecular weight excluding hydrogens is 306 g/mol. The van der Waals surface area contributed by atoms with Gasteiger partial charge >= 0.3 is 0 Å². The Kier molecular flexibility index (Phi) is 8.39. The van der Waals surface area contributed by atoms with Gasteiger partial charge in [-0.2, -0.15) is 0 Å². The first-order valence-electron chi connectivity index (χ1n) is 7.71. The van der Waals surface area contributed by atoms with E-state index in [2.05, 4.69) is 0 Å². The van der Waals surface area contributed by atoms with Crippen molar-refractivity contribution < 1.29 is 19.8 Å². The Morgan fingerprint density at radius 3 is 1.71 bits per heavy atom. The summed E-state index contributed by atoms with van der Waals surface area (Å²) in [5.74, 6) is -0.817. The fourth-order valence-corrected chi connectivity index (χ4v) is 2.06. The molecule has 4 N–H and O–H groups in total. The largest absolute Gasteiger partial charge is 0.481 e. The van der Waals surface area contributed by atoms with Gasteiger partial charge in [-0.15, -0.1) is 0 Å². The molecule has 0 bridgehead atoms. The zero-order chi connectivity index (χ0) is 17.9. The number of aryl methyl sites for hydroxylation is 1. The average molecular weight is 329 g/mol. The van der Waals surface area contributed by atoms with Gasteiger partial charge in [-0.25, -0.2) is 0 Å². The Hall–Kier alpha value is -2.50. The number of carboxylic acid groups (broad SMARTS) is 1. The van der Waals surface area contributed by atoms with Gasteiger partial charge in [0.2, 0.25) is 0 Å². The van der Waals surface area contributed by atoms with Crippen LogP contribution >= 0.6 is 0 Å². The molecule has 0 aliphatic carbocycles. The summed E-state index contributed by atoms with van der Waals surface area (Å²) in [7, 11) is 0. The molecule has 5 heteroatoms. The van der Waals surface area contributed by atoms with Crippen LogP contribution in [0.3, 0.4) is 0 Å². The van der Waals surface area contributed by atoms with Gasteiger partial charge in [0.05, 0.1) is 0 Å². The highest BCUT2D eigenvalue weighted by molar-refractivity contribution is 6.08. The molecule has 0 amide bonds. The standard InChI is InChI=1S/C17H19NO2.C2H4O2/c18-12-14-5-9-16(10-6-14)17(20)15-7-3-13(4-8-15)2-1-11-19;1-2(3)4/h3-10,19H,1-2,11-12,18H2;1H3,(H,3,4). The molecule has 2 rings (SSSR count). The summed E-state index contributed by atoms with van der Waals surface area (Å²) in [5, 5.41) is 16.2. The van der Waals surface area contributed by atoms with E-state index in [4.69, 9.17) is 20.7 Å². The molecule has 0 spiro atoms. The monoisotopic (exact) mass is 329 g/mol. The predicted molar refractivity (Wildman–Crippen MR) is 92.9 cm³/mol.